The van der Waals surface area contributed by atoms with E-state index in [1.807, 2.05) is 35.8 Å². The van der Waals surface area contributed by atoms with Crippen molar-refractivity contribution < 1.29 is 14.3 Å². The molecular formula is C20H19ClN4O3S. The van der Waals surface area contributed by atoms with E-state index in [1.165, 1.54) is 0 Å². The minimum Gasteiger partial charge on any atom is -0.486 e. The summed E-state index contributed by atoms with van der Waals surface area (Å²) in [5, 5.41) is 10.3. The number of amides is 1. The van der Waals surface area contributed by atoms with Crippen molar-refractivity contribution in [2.45, 2.75) is 19.9 Å². The molecule has 0 atom stereocenters. The summed E-state index contributed by atoms with van der Waals surface area (Å²) in [6.45, 7) is 3.34. The number of hydrogen-bond acceptors (Lipinski definition) is 5. The first-order valence-electron chi connectivity index (χ1n) is 9.12. The lowest BCUT2D eigenvalue weighted by molar-refractivity contribution is -0.116. The van der Waals surface area contributed by atoms with Crippen molar-refractivity contribution >= 4 is 35.4 Å². The van der Waals surface area contributed by atoms with E-state index in [9.17, 15) is 4.79 Å². The molecule has 2 heterocycles. The molecule has 2 aromatic carbocycles. The van der Waals surface area contributed by atoms with Crippen molar-refractivity contribution in [1.82, 2.24) is 14.8 Å². The molecule has 0 radical (unpaired) electrons. The minimum absolute atomic E-state index is 0.193. The van der Waals surface area contributed by atoms with Crippen molar-refractivity contribution in [3.8, 4) is 22.9 Å². The van der Waals surface area contributed by atoms with Gasteiger partial charge in [-0.1, -0.05) is 41.4 Å². The largest absolute Gasteiger partial charge is 0.486 e. The zero-order valence-corrected chi connectivity index (χ0v) is 17.3. The van der Waals surface area contributed by atoms with Gasteiger partial charge in [0.1, 0.15) is 13.2 Å². The van der Waals surface area contributed by atoms with Gasteiger partial charge in [-0.2, -0.15) is 5.10 Å². The second kappa shape index (κ2) is 8.26. The maximum atomic E-state index is 12.5. The molecule has 0 saturated carbocycles. The minimum atomic E-state index is -0.193. The average molecular weight is 431 g/mol. The normalized spacial score (nSPS) is 12.6. The molecule has 2 N–H and O–H groups in total. The van der Waals surface area contributed by atoms with E-state index in [4.69, 9.17) is 33.3 Å². The number of carbonyl (C=O) groups is 1. The lowest BCUT2D eigenvalue weighted by atomic mass is 10.1. The molecule has 1 aromatic heterocycles. The Labute approximate surface area is 177 Å². The van der Waals surface area contributed by atoms with Gasteiger partial charge in [0.25, 0.3) is 0 Å². The van der Waals surface area contributed by atoms with Crippen molar-refractivity contribution in [2.24, 2.45) is 0 Å². The molecule has 150 valence electrons. The Morgan fingerprint density at radius 3 is 2.66 bits per heavy atom. The van der Waals surface area contributed by atoms with Gasteiger partial charge in [0.2, 0.25) is 5.91 Å². The summed E-state index contributed by atoms with van der Waals surface area (Å²) in [4.78, 5) is 12.5. The molecule has 3 aromatic rings. The summed E-state index contributed by atoms with van der Waals surface area (Å²) in [7, 11) is 0. The van der Waals surface area contributed by atoms with E-state index in [2.05, 4.69) is 15.5 Å². The lowest BCUT2D eigenvalue weighted by Gasteiger charge is -2.20. The number of nitrogens with one attached hydrogen (secondary N) is 2. The maximum Gasteiger partial charge on any atom is 0.226 e. The molecule has 4 rings (SSSR count). The number of H-pyrrole nitrogens is 1. The van der Waals surface area contributed by atoms with Gasteiger partial charge in [-0.3, -0.25) is 14.5 Å². The number of fused-ring (bicyclic) bond motifs is 1. The predicted octanol–water partition coefficient (Wildman–Crippen LogP) is 4.37. The molecule has 0 spiro atoms. The number of benzene rings is 2. The van der Waals surface area contributed by atoms with Crippen LogP contribution in [0.2, 0.25) is 5.02 Å². The predicted molar refractivity (Wildman–Crippen MR) is 113 cm³/mol. The number of nitrogens with zero attached hydrogens (tertiary/aromatic N) is 2. The topological polar surface area (TPSA) is 81.2 Å². The second-order valence-electron chi connectivity index (χ2n) is 6.64. The summed E-state index contributed by atoms with van der Waals surface area (Å²) in [5.41, 5.74) is 2.57. The molecule has 9 heteroatoms. The third-order valence-electron chi connectivity index (χ3n) is 4.54. The highest BCUT2D eigenvalue weighted by atomic mass is 35.5. The monoisotopic (exact) mass is 430 g/mol. The van der Waals surface area contributed by atoms with Crippen LogP contribution < -0.4 is 14.8 Å². The van der Waals surface area contributed by atoms with Crippen molar-refractivity contribution in [2.75, 3.05) is 18.5 Å². The quantitative estimate of drug-likeness (QED) is 0.587. The van der Waals surface area contributed by atoms with Crippen molar-refractivity contribution in [3.63, 3.8) is 0 Å². The molecule has 0 fully saturated rings. The van der Waals surface area contributed by atoms with Crippen LogP contribution in [0, 0.1) is 11.7 Å². The van der Waals surface area contributed by atoms with E-state index in [-0.39, 0.29) is 12.3 Å². The van der Waals surface area contributed by atoms with Crippen LogP contribution in [0.4, 0.5) is 5.69 Å². The molecule has 29 heavy (non-hydrogen) atoms. The highest BCUT2D eigenvalue weighted by molar-refractivity contribution is 7.71. The van der Waals surface area contributed by atoms with Gasteiger partial charge in [-0.25, -0.2) is 0 Å². The molecule has 0 bridgehead atoms. The number of aryl methyl sites for hydroxylation is 1. The van der Waals surface area contributed by atoms with E-state index in [0.29, 0.717) is 52.6 Å². The molecule has 0 unspecified atom stereocenters. The van der Waals surface area contributed by atoms with Crippen LogP contribution in [0.3, 0.4) is 0 Å². The summed E-state index contributed by atoms with van der Waals surface area (Å²) < 4.78 is 13.3. The van der Waals surface area contributed by atoms with Crippen LogP contribution in [0.15, 0.2) is 36.4 Å². The molecule has 7 nitrogen and oxygen atoms in total. The van der Waals surface area contributed by atoms with Gasteiger partial charge in [-0.15, -0.1) is 0 Å². The summed E-state index contributed by atoms with van der Waals surface area (Å²) >= 11 is 11.6. The van der Waals surface area contributed by atoms with Gasteiger partial charge in [0.15, 0.2) is 22.1 Å². The highest BCUT2D eigenvalue weighted by Crippen LogP contribution is 2.38. The molecule has 0 aliphatic carbocycles. The Hall–Kier alpha value is -2.84. The van der Waals surface area contributed by atoms with E-state index < -0.39 is 0 Å². The first-order valence-corrected chi connectivity index (χ1v) is 9.91. The van der Waals surface area contributed by atoms with Crippen molar-refractivity contribution in [3.05, 3.63) is 51.8 Å². The number of rotatable bonds is 5. The standard InChI is InChI=1S/C20H19ClN4O3S/c1-12-2-4-13(5-3-12)19-23-24-20(29)25(19)7-6-18(26)22-15-11-17-16(10-14(15)21)27-8-9-28-17/h2-5,10-11H,6-9H2,1H3,(H,22,26)(H,24,29). The number of anilines is 1. The van der Waals surface area contributed by atoms with Crippen LogP contribution >= 0.6 is 23.8 Å². The van der Waals surface area contributed by atoms with Gasteiger partial charge < -0.3 is 14.8 Å². The van der Waals surface area contributed by atoms with E-state index in [0.717, 1.165) is 11.1 Å². The Balaban J connectivity index is 1.46. The Morgan fingerprint density at radius 1 is 1.24 bits per heavy atom. The first-order chi connectivity index (χ1) is 14.0. The summed E-state index contributed by atoms with van der Waals surface area (Å²) in [5.74, 6) is 1.64. The molecule has 1 amide bonds. The summed E-state index contributed by atoms with van der Waals surface area (Å²) in [6, 6.07) is 11.3. The molecule has 1 aliphatic rings. The summed E-state index contributed by atoms with van der Waals surface area (Å²) in [6.07, 6.45) is 0.206. The van der Waals surface area contributed by atoms with Crippen LogP contribution in [0.1, 0.15) is 12.0 Å². The Kier molecular flexibility index (Phi) is 5.55. The SMILES string of the molecule is Cc1ccc(-c2n[nH]c(=S)n2CCC(=O)Nc2cc3c(cc2Cl)OCCO3)cc1. The van der Waals surface area contributed by atoms with Gasteiger partial charge >= 0.3 is 0 Å². The first kappa shape index (κ1) is 19.5. The van der Waals surface area contributed by atoms with Crippen LogP contribution in [0.5, 0.6) is 11.5 Å². The van der Waals surface area contributed by atoms with Crippen LogP contribution in [-0.2, 0) is 11.3 Å². The third-order valence-corrected chi connectivity index (χ3v) is 5.16. The van der Waals surface area contributed by atoms with Crippen molar-refractivity contribution in [1.29, 1.82) is 0 Å². The van der Waals surface area contributed by atoms with E-state index >= 15 is 0 Å². The van der Waals surface area contributed by atoms with Gasteiger partial charge in [0, 0.05) is 30.7 Å². The number of aromatic amines is 1. The number of carbonyl (C=O) groups excluding carboxylic acids is 1. The zero-order chi connectivity index (χ0) is 20.4. The second-order valence-corrected chi connectivity index (χ2v) is 7.44. The Morgan fingerprint density at radius 2 is 1.93 bits per heavy atom. The van der Waals surface area contributed by atoms with Crippen LogP contribution in [-0.4, -0.2) is 33.9 Å². The van der Waals surface area contributed by atoms with E-state index in [1.54, 1.807) is 12.1 Å². The fourth-order valence-electron chi connectivity index (χ4n) is 3.03. The van der Waals surface area contributed by atoms with Gasteiger partial charge in [0.05, 0.1) is 10.7 Å². The fraction of sp³-hybridized carbons (Fsp3) is 0.250. The average Bonchev–Trinajstić information content (AvgIpc) is 3.08. The number of ether oxygens (including phenoxy) is 2. The zero-order valence-electron chi connectivity index (χ0n) is 15.7. The molecule has 1 aliphatic heterocycles. The molecule has 0 saturated heterocycles. The fourth-order valence-corrected chi connectivity index (χ4v) is 3.46. The maximum absolute atomic E-state index is 12.5. The number of hydrogen-bond donors (Lipinski definition) is 2. The Bertz CT molecular complexity index is 1110. The van der Waals surface area contributed by atoms with Gasteiger partial charge in [-0.05, 0) is 19.1 Å². The molecular weight excluding hydrogens is 412 g/mol. The third kappa shape index (κ3) is 4.28. The highest BCUT2D eigenvalue weighted by Gasteiger charge is 2.17. The van der Waals surface area contributed by atoms with Crippen LogP contribution in [0.25, 0.3) is 11.4 Å². The smallest absolute Gasteiger partial charge is 0.226 e. The number of halogens is 1. The lowest BCUT2D eigenvalue weighted by Crippen LogP contribution is -2.17. The number of aromatic nitrogens is 3.